The van der Waals surface area contributed by atoms with E-state index in [1.807, 2.05) is 68.1 Å². The van der Waals surface area contributed by atoms with E-state index < -0.39 is 0 Å². The van der Waals surface area contributed by atoms with Crippen LogP contribution in [0.5, 0.6) is 0 Å². The number of rotatable bonds is 7. The van der Waals surface area contributed by atoms with Crippen LogP contribution in [0.4, 0.5) is 5.95 Å². The molecule has 32 heavy (non-hydrogen) atoms. The first-order valence-electron chi connectivity index (χ1n) is 10.7. The zero-order chi connectivity index (χ0) is 22.7. The van der Waals surface area contributed by atoms with E-state index in [1.165, 1.54) is 0 Å². The first-order valence-corrected chi connectivity index (χ1v) is 10.7. The van der Waals surface area contributed by atoms with Gasteiger partial charge in [0.25, 0.3) is 11.5 Å². The molecule has 0 aliphatic carbocycles. The lowest BCUT2D eigenvalue weighted by Gasteiger charge is -2.24. The summed E-state index contributed by atoms with van der Waals surface area (Å²) >= 11 is 0. The van der Waals surface area contributed by atoms with Crippen molar-refractivity contribution in [3.8, 4) is 5.69 Å². The van der Waals surface area contributed by atoms with Gasteiger partial charge >= 0.3 is 0 Å². The van der Waals surface area contributed by atoms with Crippen molar-refractivity contribution in [3.63, 3.8) is 0 Å². The Kier molecular flexibility index (Phi) is 6.07. The molecule has 1 N–H and O–H groups in total. The van der Waals surface area contributed by atoms with Crippen molar-refractivity contribution < 1.29 is 9.21 Å². The summed E-state index contributed by atoms with van der Waals surface area (Å²) in [5.41, 5.74) is 1.52. The lowest BCUT2D eigenvalue weighted by atomic mass is 10.1. The first-order chi connectivity index (χ1) is 15.5. The second-order valence-electron chi connectivity index (χ2n) is 7.49. The van der Waals surface area contributed by atoms with Crippen LogP contribution in [-0.4, -0.2) is 28.5 Å². The molecule has 7 heteroatoms. The number of furan rings is 1. The van der Waals surface area contributed by atoms with E-state index >= 15 is 0 Å². The summed E-state index contributed by atoms with van der Waals surface area (Å²) in [5, 5.41) is 3.31. The second kappa shape index (κ2) is 9.09. The fourth-order valence-electron chi connectivity index (χ4n) is 3.69. The number of fused-ring (bicyclic) bond motifs is 1. The normalized spacial score (nSPS) is 11.0. The van der Waals surface area contributed by atoms with E-state index in [-0.39, 0.29) is 11.5 Å². The van der Waals surface area contributed by atoms with Crippen LogP contribution >= 0.6 is 0 Å². The molecule has 0 bridgehead atoms. The van der Waals surface area contributed by atoms with Gasteiger partial charge < -0.3 is 14.6 Å². The Morgan fingerprint density at radius 2 is 1.81 bits per heavy atom. The summed E-state index contributed by atoms with van der Waals surface area (Å²) in [4.78, 5) is 33.0. The highest BCUT2D eigenvalue weighted by atomic mass is 16.3. The topological polar surface area (TPSA) is 80.4 Å². The van der Waals surface area contributed by atoms with Gasteiger partial charge in [-0.3, -0.25) is 9.59 Å². The van der Waals surface area contributed by atoms with Gasteiger partial charge in [-0.2, -0.15) is 0 Å². The van der Waals surface area contributed by atoms with Crippen molar-refractivity contribution in [1.29, 1.82) is 0 Å². The lowest BCUT2D eigenvalue weighted by Crippen LogP contribution is -2.32. The Morgan fingerprint density at radius 1 is 1.06 bits per heavy atom. The number of aryl methyl sites for hydroxylation is 1. The third kappa shape index (κ3) is 4.14. The van der Waals surface area contributed by atoms with E-state index in [9.17, 15) is 9.59 Å². The highest BCUT2D eigenvalue weighted by Crippen LogP contribution is 2.20. The molecule has 2 heterocycles. The van der Waals surface area contributed by atoms with Gasteiger partial charge in [-0.05, 0) is 63.2 Å². The van der Waals surface area contributed by atoms with Crippen LogP contribution in [0.2, 0.25) is 0 Å². The van der Waals surface area contributed by atoms with Crippen LogP contribution in [0.1, 0.15) is 35.7 Å². The van der Waals surface area contributed by atoms with Crippen LogP contribution < -0.4 is 15.8 Å². The molecule has 0 aliphatic heterocycles. The summed E-state index contributed by atoms with van der Waals surface area (Å²) in [5.74, 6) is 1.79. The number of aromatic nitrogens is 2. The first kappa shape index (κ1) is 21.4. The zero-order valence-corrected chi connectivity index (χ0v) is 18.5. The smallest absolute Gasteiger partial charge is 0.267 e. The average Bonchev–Trinajstić information content (AvgIpc) is 3.23. The fraction of sp³-hybridized carbons (Fsp3) is 0.240. The maximum atomic E-state index is 13.5. The lowest BCUT2D eigenvalue weighted by molar-refractivity contribution is 0.0948. The summed E-state index contributed by atoms with van der Waals surface area (Å²) in [6.07, 6.45) is 0. The van der Waals surface area contributed by atoms with Gasteiger partial charge in [-0.15, -0.1) is 0 Å². The Hall–Kier alpha value is -3.87. The number of nitrogens with zero attached hydrogens (tertiary/aromatic N) is 3. The molecule has 0 radical (unpaired) electrons. The molecular formula is C25H26N4O3. The largest absolute Gasteiger partial charge is 0.465 e. The molecule has 0 atom stereocenters. The molecule has 7 nitrogen and oxygen atoms in total. The van der Waals surface area contributed by atoms with Gasteiger partial charge in [0.2, 0.25) is 5.95 Å². The van der Waals surface area contributed by atoms with Crippen LogP contribution in [-0.2, 0) is 6.54 Å². The van der Waals surface area contributed by atoms with E-state index in [4.69, 9.17) is 9.40 Å². The van der Waals surface area contributed by atoms with Crippen LogP contribution in [0.25, 0.3) is 16.6 Å². The Bertz CT molecular complexity index is 1300. The molecule has 0 unspecified atom stereocenters. The van der Waals surface area contributed by atoms with Crippen molar-refractivity contribution in [2.75, 3.05) is 18.0 Å². The molecule has 0 aliphatic rings. The van der Waals surface area contributed by atoms with Crippen LogP contribution in [0.15, 0.2) is 69.9 Å². The van der Waals surface area contributed by atoms with Crippen LogP contribution in [0.3, 0.4) is 0 Å². The number of benzene rings is 2. The van der Waals surface area contributed by atoms with Gasteiger partial charge in [-0.1, -0.05) is 18.2 Å². The van der Waals surface area contributed by atoms with Crippen molar-refractivity contribution in [2.45, 2.75) is 27.3 Å². The number of carbonyl (C=O) groups excluding carboxylic acids is 1. The quantitative estimate of drug-likeness (QED) is 0.478. The Labute approximate surface area is 186 Å². The van der Waals surface area contributed by atoms with Crippen molar-refractivity contribution >= 4 is 22.8 Å². The fourth-order valence-corrected chi connectivity index (χ4v) is 3.69. The predicted octanol–water partition coefficient (Wildman–Crippen LogP) is 4.06. The number of hydrogen-bond acceptors (Lipinski definition) is 5. The average molecular weight is 431 g/mol. The third-order valence-corrected chi connectivity index (χ3v) is 5.39. The molecule has 164 valence electrons. The van der Waals surface area contributed by atoms with Gasteiger partial charge in [-0.25, -0.2) is 9.55 Å². The minimum Gasteiger partial charge on any atom is -0.465 e. The predicted molar refractivity (Wildman–Crippen MR) is 126 cm³/mol. The van der Waals surface area contributed by atoms with Gasteiger partial charge in [0.1, 0.15) is 11.5 Å². The maximum Gasteiger partial charge on any atom is 0.267 e. The highest BCUT2D eigenvalue weighted by molar-refractivity contribution is 5.97. The van der Waals surface area contributed by atoms with E-state index in [0.717, 1.165) is 11.4 Å². The number of amides is 1. The summed E-state index contributed by atoms with van der Waals surface area (Å²) in [7, 11) is 0. The van der Waals surface area contributed by atoms with Gasteiger partial charge in [0.05, 0.1) is 23.1 Å². The summed E-state index contributed by atoms with van der Waals surface area (Å²) < 4.78 is 7.13. The zero-order valence-electron chi connectivity index (χ0n) is 18.5. The number of anilines is 1. The van der Waals surface area contributed by atoms with Crippen molar-refractivity contribution in [2.24, 2.45) is 0 Å². The van der Waals surface area contributed by atoms with Crippen LogP contribution in [0, 0.1) is 6.92 Å². The van der Waals surface area contributed by atoms with Gasteiger partial charge in [0.15, 0.2) is 0 Å². The molecule has 0 saturated carbocycles. The highest BCUT2D eigenvalue weighted by Gasteiger charge is 2.18. The summed E-state index contributed by atoms with van der Waals surface area (Å²) in [6, 6.07) is 18.2. The third-order valence-electron chi connectivity index (χ3n) is 5.39. The SMILES string of the molecule is CCN(CC)c1nc2cc(C(=O)NCc3ccc(C)o3)ccc2c(=O)n1-c1ccccc1. The molecule has 1 amide bonds. The number of nitrogens with one attached hydrogen (secondary N) is 1. The minimum atomic E-state index is -0.251. The van der Waals surface area contributed by atoms with Gasteiger partial charge in [0, 0.05) is 18.7 Å². The molecule has 0 fully saturated rings. The van der Waals surface area contributed by atoms with E-state index in [1.54, 1.807) is 22.8 Å². The van der Waals surface area contributed by atoms with E-state index in [0.29, 0.717) is 47.8 Å². The monoisotopic (exact) mass is 430 g/mol. The molecular weight excluding hydrogens is 404 g/mol. The maximum absolute atomic E-state index is 13.5. The minimum absolute atomic E-state index is 0.166. The number of hydrogen-bond donors (Lipinski definition) is 1. The molecule has 0 saturated heterocycles. The van der Waals surface area contributed by atoms with Crippen molar-refractivity contribution in [1.82, 2.24) is 14.9 Å². The number of para-hydroxylation sites is 1. The van der Waals surface area contributed by atoms with Crippen molar-refractivity contribution in [3.05, 3.63) is 88.1 Å². The summed E-state index contributed by atoms with van der Waals surface area (Å²) in [6.45, 7) is 7.59. The molecule has 4 aromatic rings. The molecule has 2 aromatic carbocycles. The Balaban J connectivity index is 1.76. The Morgan fingerprint density at radius 3 is 2.47 bits per heavy atom. The van der Waals surface area contributed by atoms with E-state index in [2.05, 4.69) is 5.32 Å². The standard InChI is InChI=1S/C25H26N4O3/c1-4-28(5-2)25-27-22-15-18(23(30)26-16-20-13-11-17(3)32-20)12-14-21(22)24(31)29(25)19-9-7-6-8-10-19/h6-15H,4-5,16H2,1-3H3,(H,26,30). The molecule has 4 rings (SSSR count). The number of carbonyl (C=O) groups is 1. The second-order valence-corrected chi connectivity index (χ2v) is 7.49. The molecule has 2 aromatic heterocycles. The molecule has 0 spiro atoms.